The van der Waals surface area contributed by atoms with Gasteiger partial charge in [-0.2, -0.15) is 0 Å². The molecule has 0 aromatic carbocycles. The number of methoxy groups -OCH3 is 1. The molecular weight excluding hydrogens is 374 g/mol. The lowest BCUT2D eigenvalue weighted by atomic mass is 9.85. The largest absolute Gasteiger partial charge is 0.383 e. The van der Waals surface area contributed by atoms with Crippen molar-refractivity contribution in [1.29, 1.82) is 0 Å². The molecule has 2 aliphatic heterocycles. The van der Waals surface area contributed by atoms with E-state index in [0.717, 1.165) is 44.7 Å². The van der Waals surface area contributed by atoms with Crippen molar-refractivity contribution >= 4 is 6.03 Å². The highest BCUT2D eigenvalue weighted by atomic mass is 16.5. The first-order valence-electron chi connectivity index (χ1n) is 10.7. The second-order valence-corrected chi connectivity index (χ2v) is 8.29. The fourth-order valence-electron chi connectivity index (χ4n) is 4.23. The number of hydrogen-bond donors (Lipinski definition) is 1. The van der Waals surface area contributed by atoms with Crippen LogP contribution < -0.4 is 5.32 Å². The van der Waals surface area contributed by atoms with Crippen LogP contribution in [0.25, 0.3) is 0 Å². The molecule has 2 saturated heterocycles. The average molecular weight is 410 g/mol. The summed E-state index contributed by atoms with van der Waals surface area (Å²) in [5, 5.41) is 15.7. The summed E-state index contributed by atoms with van der Waals surface area (Å²) < 4.78 is 12.7. The normalized spacial score (nSPS) is 23.5. The van der Waals surface area contributed by atoms with Gasteiger partial charge in [-0.3, -0.25) is 4.90 Å². The Bertz CT molecular complexity index is 648. The van der Waals surface area contributed by atoms with Crippen LogP contribution in [0.3, 0.4) is 0 Å². The number of likely N-dealkylation sites (tertiary alicyclic amines) is 1. The molecular formula is C19H35N7O3. The van der Waals surface area contributed by atoms with Crippen molar-refractivity contribution in [3.8, 4) is 0 Å². The number of urea groups is 1. The molecule has 10 nitrogen and oxygen atoms in total. The highest BCUT2D eigenvalue weighted by Gasteiger charge is 2.47. The summed E-state index contributed by atoms with van der Waals surface area (Å²) in [6, 6.07) is -0.00102. The summed E-state index contributed by atoms with van der Waals surface area (Å²) in [5.74, 6) is 1.38. The molecule has 2 amide bonds. The molecule has 1 N–H and O–H groups in total. The van der Waals surface area contributed by atoms with E-state index in [1.54, 1.807) is 7.11 Å². The number of ether oxygens (including phenoxy) is 2. The van der Waals surface area contributed by atoms with Gasteiger partial charge in [0.2, 0.25) is 0 Å². The first-order valence-corrected chi connectivity index (χ1v) is 10.7. The molecule has 3 rings (SSSR count). The summed E-state index contributed by atoms with van der Waals surface area (Å²) in [6.45, 7) is 10.5. The summed E-state index contributed by atoms with van der Waals surface area (Å²) in [4.78, 5) is 17.2. The molecule has 0 aliphatic carbocycles. The molecule has 0 saturated carbocycles. The van der Waals surface area contributed by atoms with Crippen LogP contribution in [0.5, 0.6) is 0 Å². The quantitative estimate of drug-likeness (QED) is 0.675. The van der Waals surface area contributed by atoms with Crippen molar-refractivity contribution in [3.63, 3.8) is 0 Å². The second kappa shape index (κ2) is 10.3. The summed E-state index contributed by atoms with van der Waals surface area (Å²) >= 11 is 0. The Morgan fingerprint density at radius 1 is 1.31 bits per heavy atom. The lowest BCUT2D eigenvalue weighted by molar-refractivity contribution is -0.0554. The van der Waals surface area contributed by atoms with E-state index in [4.69, 9.17) is 9.47 Å². The summed E-state index contributed by atoms with van der Waals surface area (Å²) in [5.41, 5.74) is -0.408. The van der Waals surface area contributed by atoms with Crippen molar-refractivity contribution < 1.29 is 14.3 Å². The minimum atomic E-state index is -0.408. The maximum atomic E-state index is 12.9. The lowest BCUT2D eigenvalue weighted by Gasteiger charge is -2.49. The van der Waals surface area contributed by atoms with Gasteiger partial charge in [-0.25, -0.2) is 9.48 Å². The second-order valence-electron chi connectivity index (χ2n) is 8.29. The molecule has 10 heteroatoms. The fourth-order valence-corrected chi connectivity index (χ4v) is 4.23. The number of nitrogens with one attached hydrogen (secondary N) is 1. The predicted molar refractivity (Wildman–Crippen MR) is 107 cm³/mol. The smallest absolute Gasteiger partial charge is 0.317 e. The van der Waals surface area contributed by atoms with Gasteiger partial charge in [0.15, 0.2) is 5.82 Å². The molecule has 2 fully saturated rings. The minimum Gasteiger partial charge on any atom is -0.383 e. The first kappa shape index (κ1) is 21.9. The van der Waals surface area contributed by atoms with Crippen LogP contribution in [0.1, 0.15) is 38.9 Å². The van der Waals surface area contributed by atoms with E-state index in [0.29, 0.717) is 45.4 Å². The Kier molecular flexibility index (Phi) is 7.79. The minimum absolute atomic E-state index is 0.00102. The molecule has 1 atom stereocenters. The topological polar surface area (TPSA) is 97.6 Å². The van der Waals surface area contributed by atoms with Crippen LogP contribution in [0.15, 0.2) is 0 Å². The van der Waals surface area contributed by atoms with Gasteiger partial charge in [-0.15, -0.1) is 5.10 Å². The van der Waals surface area contributed by atoms with E-state index in [2.05, 4.69) is 39.6 Å². The zero-order valence-corrected chi connectivity index (χ0v) is 18.0. The van der Waals surface area contributed by atoms with Crippen LogP contribution in [0.4, 0.5) is 4.79 Å². The molecule has 164 valence electrons. The number of carbonyl (C=O) groups excluding carboxylic acids is 1. The van der Waals surface area contributed by atoms with Gasteiger partial charge in [0.05, 0.1) is 26.4 Å². The van der Waals surface area contributed by atoms with E-state index in [1.807, 2.05) is 9.58 Å². The van der Waals surface area contributed by atoms with Crippen molar-refractivity contribution in [2.75, 3.05) is 59.7 Å². The maximum absolute atomic E-state index is 12.9. The molecule has 29 heavy (non-hydrogen) atoms. The number of piperidine rings is 1. The van der Waals surface area contributed by atoms with Crippen molar-refractivity contribution in [2.24, 2.45) is 5.92 Å². The first-order chi connectivity index (χ1) is 14.1. The average Bonchev–Trinajstić information content (AvgIpc) is 3.21. The maximum Gasteiger partial charge on any atom is 0.317 e. The van der Waals surface area contributed by atoms with Gasteiger partial charge in [0.1, 0.15) is 5.54 Å². The zero-order chi connectivity index (χ0) is 20.7. The molecule has 1 aromatic rings. The third-order valence-corrected chi connectivity index (χ3v) is 5.83. The Balaban J connectivity index is 1.82. The SMILES string of the molecule is COCCn1nnnc1C1(N2CCOCC2)CCCN(C(=O)NCCC(C)C)C1. The number of amides is 2. The molecule has 0 radical (unpaired) electrons. The van der Waals surface area contributed by atoms with Gasteiger partial charge in [-0.05, 0) is 35.6 Å². The lowest BCUT2D eigenvalue weighted by Crippen LogP contribution is -2.62. The van der Waals surface area contributed by atoms with E-state index < -0.39 is 5.54 Å². The van der Waals surface area contributed by atoms with E-state index in [-0.39, 0.29) is 6.03 Å². The summed E-state index contributed by atoms with van der Waals surface area (Å²) in [7, 11) is 1.67. The monoisotopic (exact) mass is 409 g/mol. The number of aromatic nitrogens is 4. The standard InChI is InChI=1S/C19H35N7O3/c1-16(2)5-7-20-18(27)24-8-4-6-19(15-24,25-9-13-29-14-10-25)17-21-22-23-26(17)11-12-28-3/h16H,4-15H2,1-3H3,(H,20,27). The number of hydrogen-bond acceptors (Lipinski definition) is 7. The molecule has 0 bridgehead atoms. The van der Waals surface area contributed by atoms with Crippen molar-refractivity contribution in [1.82, 2.24) is 35.3 Å². The zero-order valence-electron chi connectivity index (χ0n) is 18.0. The third-order valence-electron chi connectivity index (χ3n) is 5.83. The number of morpholine rings is 1. The Morgan fingerprint density at radius 2 is 2.10 bits per heavy atom. The molecule has 1 unspecified atom stereocenters. The molecule has 2 aliphatic rings. The number of nitrogens with zero attached hydrogens (tertiary/aromatic N) is 6. The van der Waals surface area contributed by atoms with Gasteiger partial charge >= 0.3 is 6.03 Å². The molecule has 0 spiro atoms. The molecule has 1 aromatic heterocycles. The van der Waals surface area contributed by atoms with Crippen LogP contribution >= 0.6 is 0 Å². The van der Waals surface area contributed by atoms with E-state index >= 15 is 0 Å². The Labute approximate surface area is 172 Å². The van der Waals surface area contributed by atoms with Crippen LogP contribution in [-0.4, -0.2) is 95.7 Å². The highest BCUT2D eigenvalue weighted by molar-refractivity contribution is 5.74. The molecule has 3 heterocycles. The fraction of sp³-hybridized carbons (Fsp3) is 0.895. The van der Waals surface area contributed by atoms with Crippen molar-refractivity contribution in [2.45, 2.75) is 45.2 Å². The number of carbonyl (C=O) groups is 1. The number of tetrazole rings is 1. The van der Waals surface area contributed by atoms with Gasteiger partial charge < -0.3 is 19.7 Å². The van der Waals surface area contributed by atoms with Gasteiger partial charge in [-0.1, -0.05) is 13.8 Å². The van der Waals surface area contributed by atoms with E-state index in [1.165, 1.54) is 0 Å². The Hall–Kier alpha value is -1.78. The van der Waals surface area contributed by atoms with Crippen molar-refractivity contribution in [3.05, 3.63) is 5.82 Å². The predicted octanol–water partition coefficient (Wildman–Crippen LogP) is 0.699. The van der Waals surface area contributed by atoms with Crippen LogP contribution in [-0.2, 0) is 21.6 Å². The van der Waals surface area contributed by atoms with E-state index in [9.17, 15) is 4.79 Å². The summed E-state index contributed by atoms with van der Waals surface area (Å²) in [6.07, 6.45) is 2.80. The van der Waals surface area contributed by atoms with Gasteiger partial charge in [0, 0.05) is 39.8 Å². The highest BCUT2D eigenvalue weighted by Crippen LogP contribution is 2.37. The van der Waals surface area contributed by atoms with Gasteiger partial charge in [0.25, 0.3) is 0 Å². The van der Waals surface area contributed by atoms with Crippen LogP contribution in [0.2, 0.25) is 0 Å². The third kappa shape index (κ3) is 5.23. The number of rotatable bonds is 8. The Morgan fingerprint density at radius 3 is 2.83 bits per heavy atom. The van der Waals surface area contributed by atoms with Crippen LogP contribution in [0, 0.1) is 5.92 Å².